The maximum atomic E-state index is 4.38. The van der Waals surface area contributed by atoms with Gasteiger partial charge in [0.25, 0.3) is 0 Å². The molecule has 1 saturated heterocycles. The van der Waals surface area contributed by atoms with Crippen molar-refractivity contribution >= 4 is 5.96 Å². The Morgan fingerprint density at radius 2 is 1.86 bits per heavy atom. The predicted octanol–water partition coefficient (Wildman–Crippen LogP) is 2.54. The Bertz CT molecular complexity index is 495. The average Bonchev–Trinajstić information content (AvgIpc) is 2.98. The van der Waals surface area contributed by atoms with Crippen molar-refractivity contribution in [2.75, 3.05) is 20.1 Å². The van der Waals surface area contributed by atoms with Crippen LogP contribution in [0.25, 0.3) is 0 Å². The van der Waals surface area contributed by atoms with E-state index in [1.54, 1.807) is 0 Å². The van der Waals surface area contributed by atoms with Gasteiger partial charge in [0.05, 0.1) is 0 Å². The zero-order valence-corrected chi connectivity index (χ0v) is 13.8. The maximum absolute atomic E-state index is 4.38. The molecule has 3 rings (SSSR count). The Morgan fingerprint density at radius 1 is 1.14 bits per heavy atom. The summed E-state index contributed by atoms with van der Waals surface area (Å²) >= 11 is 0. The van der Waals surface area contributed by atoms with E-state index in [2.05, 4.69) is 57.8 Å². The summed E-state index contributed by atoms with van der Waals surface area (Å²) in [4.78, 5) is 6.94. The van der Waals surface area contributed by atoms with E-state index in [1.807, 2.05) is 7.05 Å². The fourth-order valence-corrected chi connectivity index (χ4v) is 3.31. The van der Waals surface area contributed by atoms with Gasteiger partial charge in [-0.3, -0.25) is 9.89 Å². The fourth-order valence-electron chi connectivity index (χ4n) is 3.31. The highest BCUT2D eigenvalue weighted by Crippen LogP contribution is 2.24. The number of nitrogens with one attached hydrogen (secondary N) is 2. The van der Waals surface area contributed by atoms with E-state index in [-0.39, 0.29) is 0 Å². The second-order valence-electron chi connectivity index (χ2n) is 6.56. The Kier molecular flexibility index (Phi) is 4.98. The molecular weight excluding hydrogens is 272 g/mol. The molecule has 1 aromatic carbocycles. The van der Waals surface area contributed by atoms with Crippen molar-refractivity contribution in [1.29, 1.82) is 0 Å². The molecule has 0 amide bonds. The van der Waals surface area contributed by atoms with Gasteiger partial charge >= 0.3 is 0 Å². The second-order valence-corrected chi connectivity index (χ2v) is 6.56. The van der Waals surface area contributed by atoms with Gasteiger partial charge in [0.2, 0.25) is 0 Å². The molecular formula is C18H28N4. The fraction of sp³-hybridized carbons (Fsp3) is 0.611. The monoisotopic (exact) mass is 300 g/mol. The van der Waals surface area contributed by atoms with Gasteiger partial charge < -0.3 is 10.6 Å². The number of benzene rings is 1. The highest BCUT2D eigenvalue weighted by atomic mass is 15.3. The summed E-state index contributed by atoms with van der Waals surface area (Å²) < 4.78 is 0. The summed E-state index contributed by atoms with van der Waals surface area (Å²) in [6, 6.07) is 12.4. The molecule has 1 aromatic rings. The van der Waals surface area contributed by atoms with E-state index in [0.29, 0.717) is 18.1 Å². The van der Waals surface area contributed by atoms with Gasteiger partial charge in [-0.2, -0.15) is 0 Å². The van der Waals surface area contributed by atoms with Crippen LogP contribution in [0.15, 0.2) is 35.3 Å². The largest absolute Gasteiger partial charge is 0.354 e. The Morgan fingerprint density at radius 3 is 2.50 bits per heavy atom. The first-order valence-electron chi connectivity index (χ1n) is 8.55. The van der Waals surface area contributed by atoms with Crippen molar-refractivity contribution in [1.82, 2.24) is 15.5 Å². The van der Waals surface area contributed by atoms with Crippen molar-refractivity contribution in [2.24, 2.45) is 4.99 Å². The van der Waals surface area contributed by atoms with Crippen molar-refractivity contribution in [3.63, 3.8) is 0 Å². The first-order chi connectivity index (χ1) is 10.8. The van der Waals surface area contributed by atoms with Gasteiger partial charge in [0.15, 0.2) is 5.96 Å². The number of guanidine groups is 1. The molecule has 2 atom stereocenters. The molecule has 2 fully saturated rings. The van der Waals surface area contributed by atoms with Gasteiger partial charge in [0.1, 0.15) is 0 Å². The van der Waals surface area contributed by atoms with Crippen LogP contribution in [0.2, 0.25) is 0 Å². The number of likely N-dealkylation sites (tertiary alicyclic amines) is 1. The minimum absolute atomic E-state index is 0.481. The Balaban J connectivity index is 1.51. The zero-order chi connectivity index (χ0) is 15.4. The van der Waals surface area contributed by atoms with Gasteiger partial charge in [0, 0.05) is 38.3 Å². The van der Waals surface area contributed by atoms with Crippen LogP contribution in [-0.4, -0.2) is 43.1 Å². The molecule has 2 aliphatic rings. The lowest BCUT2D eigenvalue weighted by molar-refractivity contribution is 0.258. The van der Waals surface area contributed by atoms with E-state index in [4.69, 9.17) is 0 Å². The minimum atomic E-state index is 0.481. The molecule has 4 nitrogen and oxygen atoms in total. The summed E-state index contributed by atoms with van der Waals surface area (Å²) in [5.41, 5.74) is 1.40. The van der Waals surface area contributed by atoms with Crippen LogP contribution in [0.5, 0.6) is 0 Å². The highest BCUT2D eigenvalue weighted by molar-refractivity contribution is 5.80. The first kappa shape index (κ1) is 15.3. The average molecular weight is 300 g/mol. The lowest BCUT2D eigenvalue weighted by atomic mass is 9.93. The molecule has 22 heavy (non-hydrogen) atoms. The first-order valence-corrected chi connectivity index (χ1v) is 8.55. The molecule has 1 saturated carbocycles. The van der Waals surface area contributed by atoms with Crippen molar-refractivity contribution in [3.8, 4) is 0 Å². The molecule has 1 aliphatic carbocycles. The van der Waals surface area contributed by atoms with Crippen LogP contribution in [0.4, 0.5) is 0 Å². The maximum Gasteiger partial charge on any atom is 0.191 e. The smallest absolute Gasteiger partial charge is 0.191 e. The van der Waals surface area contributed by atoms with Crippen molar-refractivity contribution in [2.45, 2.75) is 50.7 Å². The summed E-state index contributed by atoms with van der Waals surface area (Å²) in [7, 11) is 1.87. The van der Waals surface area contributed by atoms with Crippen LogP contribution in [0.1, 0.15) is 44.2 Å². The molecule has 1 heterocycles. The quantitative estimate of drug-likeness (QED) is 0.663. The van der Waals surface area contributed by atoms with Gasteiger partial charge in [-0.1, -0.05) is 30.3 Å². The van der Waals surface area contributed by atoms with Gasteiger partial charge in [-0.05, 0) is 38.2 Å². The third-order valence-corrected chi connectivity index (χ3v) is 5.06. The molecule has 0 bridgehead atoms. The van der Waals surface area contributed by atoms with Gasteiger partial charge in [-0.25, -0.2) is 0 Å². The third kappa shape index (κ3) is 3.61. The summed E-state index contributed by atoms with van der Waals surface area (Å²) in [5, 5.41) is 7.12. The minimum Gasteiger partial charge on any atom is -0.354 e. The van der Waals surface area contributed by atoms with E-state index in [0.717, 1.165) is 19.0 Å². The number of nitrogens with zero attached hydrogens (tertiary/aromatic N) is 2. The lowest BCUT2D eigenvalue weighted by Gasteiger charge is -2.29. The molecule has 0 aromatic heterocycles. The number of hydrogen-bond acceptors (Lipinski definition) is 2. The van der Waals surface area contributed by atoms with Crippen LogP contribution >= 0.6 is 0 Å². The van der Waals surface area contributed by atoms with Crippen LogP contribution < -0.4 is 10.6 Å². The topological polar surface area (TPSA) is 39.7 Å². The van der Waals surface area contributed by atoms with Crippen LogP contribution in [0.3, 0.4) is 0 Å². The summed E-state index contributed by atoms with van der Waals surface area (Å²) in [5.74, 6) is 0.976. The van der Waals surface area contributed by atoms with Crippen LogP contribution in [0, 0.1) is 0 Å². The normalized spacial score (nSPS) is 24.8. The van der Waals surface area contributed by atoms with Crippen LogP contribution in [-0.2, 0) is 0 Å². The molecule has 1 aliphatic heterocycles. The van der Waals surface area contributed by atoms with Crippen molar-refractivity contribution < 1.29 is 0 Å². The van der Waals surface area contributed by atoms with E-state index in [9.17, 15) is 0 Å². The number of rotatable bonds is 4. The molecule has 2 N–H and O–H groups in total. The lowest BCUT2D eigenvalue weighted by Crippen LogP contribution is -2.50. The number of hydrogen-bond donors (Lipinski definition) is 2. The molecule has 0 radical (unpaired) electrons. The van der Waals surface area contributed by atoms with Crippen molar-refractivity contribution in [3.05, 3.63) is 35.9 Å². The zero-order valence-electron chi connectivity index (χ0n) is 13.8. The second kappa shape index (κ2) is 7.14. The predicted molar refractivity (Wildman–Crippen MR) is 92.1 cm³/mol. The Hall–Kier alpha value is -1.55. The molecule has 120 valence electrons. The third-order valence-electron chi connectivity index (χ3n) is 5.06. The standard InChI is InChI=1S/C18H28N4/c1-14(15-7-4-3-5-8-15)22-12-11-17(13-22)21-18(19-2)20-16-9-6-10-16/h3-5,7-8,14,16-17H,6,9-13H2,1-2H3,(H2,19,20,21). The van der Waals surface area contributed by atoms with Gasteiger partial charge in [-0.15, -0.1) is 0 Å². The number of aliphatic imine (C=N–C) groups is 1. The van der Waals surface area contributed by atoms with E-state index >= 15 is 0 Å². The van der Waals surface area contributed by atoms with E-state index < -0.39 is 0 Å². The van der Waals surface area contributed by atoms with E-state index in [1.165, 1.54) is 31.2 Å². The Labute approximate surface area is 134 Å². The highest BCUT2D eigenvalue weighted by Gasteiger charge is 2.28. The summed E-state index contributed by atoms with van der Waals surface area (Å²) in [6.45, 7) is 4.54. The summed E-state index contributed by atoms with van der Waals surface area (Å²) in [6.07, 6.45) is 5.09. The SMILES string of the molecule is CN=C(NC1CCC1)NC1CCN(C(C)c2ccccc2)C1. The molecule has 0 spiro atoms. The molecule has 2 unspecified atom stereocenters. The molecule has 4 heteroatoms.